The third-order valence-electron chi connectivity index (χ3n) is 10.4. The summed E-state index contributed by atoms with van der Waals surface area (Å²) in [7, 11) is -2.15. The van der Waals surface area contributed by atoms with E-state index in [9.17, 15) is 13.6 Å². The molecule has 52 heavy (non-hydrogen) atoms. The third kappa shape index (κ3) is 8.06. The zero-order valence-electron chi connectivity index (χ0n) is 30.2. The Balaban J connectivity index is 1.42. The summed E-state index contributed by atoms with van der Waals surface area (Å²) >= 11 is 0. The largest absolute Gasteiger partial charge is 0.544 e. The topological polar surface area (TPSA) is 86.3 Å². The first kappa shape index (κ1) is 37.2. The molecule has 2 saturated heterocycles. The van der Waals surface area contributed by atoms with Crippen molar-refractivity contribution in [2.24, 2.45) is 5.92 Å². The van der Waals surface area contributed by atoms with Crippen molar-refractivity contribution in [1.29, 1.82) is 0 Å². The van der Waals surface area contributed by atoms with Crippen molar-refractivity contribution < 1.29 is 37.0 Å². The molecular formula is C41H46F2N2O6Si. The van der Waals surface area contributed by atoms with Gasteiger partial charge in [0, 0.05) is 17.7 Å². The van der Waals surface area contributed by atoms with E-state index in [1.807, 2.05) is 54.6 Å². The maximum Gasteiger partial charge on any atom is 0.417 e. The van der Waals surface area contributed by atoms with E-state index >= 15 is 4.79 Å². The molecule has 0 unspecified atom stereocenters. The summed E-state index contributed by atoms with van der Waals surface area (Å²) < 4.78 is 52.5. The second-order valence-corrected chi connectivity index (χ2v) is 19.6. The van der Waals surface area contributed by atoms with Gasteiger partial charge in [-0.15, -0.1) is 0 Å². The lowest BCUT2D eigenvalue weighted by Gasteiger charge is -2.37. The Kier molecular flexibility index (Phi) is 10.9. The number of hydrogen-bond acceptors (Lipinski definition) is 7. The van der Waals surface area contributed by atoms with Crippen LogP contribution in [0.4, 0.5) is 19.3 Å². The molecule has 274 valence electrons. The number of nitrogens with zero attached hydrogens (tertiary/aromatic N) is 1. The Hall–Kier alpha value is -4.58. The molecule has 4 aromatic carbocycles. The van der Waals surface area contributed by atoms with Crippen LogP contribution in [0.25, 0.3) is 0 Å². The molecule has 2 aliphatic heterocycles. The summed E-state index contributed by atoms with van der Waals surface area (Å²) in [6.07, 6.45) is -0.339. The smallest absolute Gasteiger partial charge is 0.417 e. The molecule has 11 heteroatoms. The van der Waals surface area contributed by atoms with E-state index in [0.717, 1.165) is 11.1 Å². The van der Waals surface area contributed by atoms with Crippen molar-refractivity contribution >= 4 is 26.0 Å². The van der Waals surface area contributed by atoms with Gasteiger partial charge >= 0.3 is 6.09 Å². The zero-order chi connectivity index (χ0) is 37.1. The average molecular weight is 729 g/mol. The van der Waals surface area contributed by atoms with Crippen molar-refractivity contribution in [3.8, 4) is 5.75 Å². The number of halogens is 2. The fourth-order valence-electron chi connectivity index (χ4n) is 6.49. The minimum Gasteiger partial charge on any atom is -0.544 e. The normalized spacial score (nSPS) is 18.5. The Bertz CT molecular complexity index is 1830. The maximum atomic E-state index is 15.0. The molecule has 0 aliphatic carbocycles. The van der Waals surface area contributed by atoms with Crippen LogP contribution in [0, 0.1) is 17.6 Å². The quantitative estimate of drug-likeness (QED) is 0.146. The van der Waals surface area contributed by atoms with Gasteiger partial charge in [0.05, 0.1) is 25.2 Å². The first-order chi connectivity index (χ1) is 24.8. The average Bonchev–Trinajstić information content (AvgIpc) is 3.76. The van der Waals surface area contributed by atoms with Crippen LogP contribution < -0.4 is 9.74 Å². The van der Waals surface area contributed by atoms with Crippen molar-refractivity contribution in [3.05, 3.63) is 131 Å². The van der Waals surface area contributed by atoms with E-state index < -0.39 is 55.7 Å². The molecule has 2 heterocycles. The minimum atomic E-state index is -2.15. The molecule has 4 aromatic rings. The number of cyclic esters (lactones) is 1. The lowest BCUT2D eigenvalue weighted by atomic mass is 9.84. The van der Waals surface area contributed by atoms with Crippen LogP contribution in [0.5, 0.6) is 5.75 Å². The predicted octanol–water partition coefficient (Wildman–Crippen LogP) is 9.52. The molecule has 8 nitrogen and oxygen atoms in total. The summed E-state index contributed by atoms with van der Waals surface area (Å²) in [6, 6.07) is 27.4. The summed E-state index contributed by atoms with van der Waals surface area (Å²) in [5, 5.41) is 3.48. The van der Waals surface area contributed by atoms with Crippen molar-refractivity contribution in [1.82, 2.24) is 4.90 Å². The van der Waals surface area contributed by atoms with Gasteiger partial charge in [-0.05, 0) is 84.2 Å². The summed E-state index contributed by atoms with van der Waals surface area (Å²) in [5.74, 6) is -2.66. The van der Waals surface area contributed by atoms with Crippen molar-refractivity contribution in [2.75, 3.05) is 25.1 Å². The number of carbonyl (C=O) groups excluding carboxylic acids is 2. The maximum absolute atomic E-state index is 15.0. The van der Waals surface area contributed by atoms with Crippen molar-refractivity contribution in [2.45, 2.75) is 69.6 Å². The Labute approximate surface area is 305 Å². The van der Waals surface area contributed by atoms with E-state index in [0.29, 0.717) is 30.2 Å². The molecule has 0 aromatic heterocycles. The standard InChI is InChI=1S/C41H46F2N2O6Si/c1-40(2,3)52(4,5)51-34-21-11-29(12-22-34)37(44-33-19-17-32(43)18-20-33)35(23-24-41(49-25-26-50-41)30-13-15-31(42)16-14-30)38(46)45-36(27-48-39(45)47)28-9-7-6-8-10-28/h6-22,35-37,44H,23-27H2,1-5H3/t35-,36+,37-/m1/s1. The number of imide groups is 1. The fourth-order valence-corrected chi connectivity index (χ4v) is 7.52. The van der Waals surface area contributed by atoms with Gasteiger partial charge in [-0.2, -0.15) is 0 Å². The number of ether oxygens (including phenoxy) is 3. The molecule has 0 saturated carbocycles. The molecule has 0 radical (unpaired) electrons. The monoisotopic (exact) mass is 728 g/mol. The highest BCUT2D eigenvalue weighted by atomic mass is 28.4. The van der Waals surface area contributed by atoms with Crippen LogP contribution in [-0.4, -0.2) is 45.0 Å². The van der Waals surface area contributed by atoms with Crippen LogP contribution in [0.15, 0.2) is 103 Å². The number of benzene rings is 4. The number of carbonyl (C=O) groups is 2. The molecule has 2 amide bonds. The van der Waals surface area contributed by atoms with Gasteiger partial charge in [0.25, 0.3) is 0 Å². The minimum absolute atomic E-state index is 0.0135. The van der Waals surface area contributed by atoms with Gasteiger partial charge in [-0.25, -0.2) is 18.5 Å². The molecule has 2 aliphatic rings. The van der Waals surface area contributed by atoms with Crippen LogP contribution in [0.1, 0.15) is 62.4 Å². The zero-order valence-corrected chi connectivity index (χ0v) is 31.2. The van der Waals surface area contributed by atoms with Gasteiger partial charge in [-0.3, -0.25) is 4.79 Å². The van der Waals surface area contributed by atoms with Crippen LogP contribution >= 0.6 is 0 Å². The second kappa shape index (κ2) is 15.2. The van der Waals surface area contributed by atoms with Gasteiger partial charge in [-0.1, -0.05) is 75.4 Å². The van der Waals surface area contributed by atoms with Gasteiger partial charge in [0.15, 0.2) is 5.79 Å². The van der Waals surface area contributed by atoms with Crippen molar-refractivity contribution in [3.63, 3.8) is 0 Å². The van der Waals surface area contributed by atoms with Crippen LogP contribution in [0.3, 0.4) is 0 Å². The van der Waals surface area contributed by atoms with Crippen LogP contribution in [-0.2, 0) is 24.8 Å². The Morgan fingerprint density at radius 1 is 0.904 bits per heavy atom. The molecular weight excluding hydrogens is 683 g/mol. The second-order valence-electron chi connectivity index (χ2n) is 14.9. The van der Waals surface area contributed by atoms with Gasteiger partial charge in [0.2, 0.25) is 14.2 Å². The van der Waals surface area contributed by atoms with Gasteiger partial charge < -0.3 is 24.0 Å². The first-order valence-corrected chi connectivity index (χ1v) is 20.6. The highest BCUT2D eigenvalue weighted by Gasteiger charge is 2.47. The highest BCUT2D eigenvalue weighted by molar-refractivity contribution is 6.74. The van der Waals surface area contributed by atoms with E-state index in [-0.39, 0.29) is 24.5 Å². The summed E-state index contributed by atoms with van der Waals surface area (Å²) in [4.78, 5) is 29.6. The molecule has 1 N–H and O–H groups in total. The number of nitrogens with one attached hydrogen (secondary N) is 1. The number of anilines is 1. The Morgan fingerprint density at radius 2 is 1.50 bits per heavy atom. The molecule has 2 fully saturated rings. The van der Waals surface area contributed by atoms with E-state index in [1.165, 1.54) is 29.2 Å². The fraction of sp³-hybridized carbons (Fsp3) is 0.366. The molecule has 3 atom stereocenters. The summed E-state index contributed by atoms with van der Waals surface area (Å²) in [6.45, 7) is 11.5. The van der Waals surface area contributed by atoms with Gasteiger partial charge in [0.1, 0.15) is 30.0 Å². The molecule has 0 spiro atoms. The summed E-state index contributed by atoms with van der Waals surface area (Å²) in [5.41, 5.74) is 2.71. The Morgan fingerprint density at radius 3 is 2.10 bits per heavy atom. The lowest BCUT2D eigenvalue weighted by Crippen LogP contribution is -2.44. The third-order valence-corrected chi connectivity index (χ3v) is 14.8. The van der Waals surface area contributed by atoms with Crippen LogP contribution in [0.2, 0.25) is 18.1 Å². The van der Waals surface area contributed by atoms with E-state index in [2.05, 4.69) is 39.2 Å². The SMILES string of the molecule is CC(C)(C)[Si](C)(C)Oc1ccc([C@@H](Nc2ccc(F)cc2)[C@@H](CCC2(c3ccc(F)cc3)OCCO2)C(=O)N2C(=O)OC[C@H]2c2ccccc2)cc1. The number of hydrogen-bond donors (Lipinski definition) is 1. The number of rotatable bonds is 12. The number of amides is 2. The highest BCUT2D eigenvalue weighted by Crippen LogP contribution is 2.43. The molecule has 6 rings (SSSR count). The first-order valence-electron chi connectivity index (χ1n) is 17.7. The van der Waals surface area contributed by atoms with E-state index in [1.54, 1.807) is 24.3 Å². The molecule has 0 bridgehead atoms. The van der Waals surface area contributed by atoms with E-state index in [4.69, 9.17) is 18.6 Å². The predicted molar refractivity (Wildman–Crippen MR) is 197 cm³/mol. The lowest BCUT2D eigenvalue weighted by molar-refractivity contribution is -0.174.